The SMILES string of the molecule is C[C@@H](O)[C@H]1C(=O)N2C(C(=O)[O-])=C(/C=C/C[n+]3ccccc3)S[C@H]12. The second-order valence-corrected chi connectivity index (χ2v) is 6.62. The van der Waals surface area contributed by atoms with Crippen LogP contribution in [0.4, 0.5) is 0 Å². The summed E-state index contributed by atoms with van der Waals surface area (Å²) in [6.45, 7) is 2.13. The van der Waals surface area contributed by atoms with E-state index in [1.807, 2.05) is 41.2 Å². The molecule has 0 aromatic carbocycles. The second-order valence-electron chi connectivity index (χ2n) is 5.46. The largest absolute Gasteiger partial charge is 0.543 e. The van der Waals surface area contributed by atoms with Crippen molar-refractivity contribution in [3.05, 3.63) is 53.3 Å². The van der Waals surface area contributed by atoms with E-state index >= 15 is 0 Å². The minimum Gasteiger partial charge on any atom is -0.543 e. The fraction of sp³-hybridized carbons (Fsp3) is 0.312. The molecule has 2 aliphatic heterocycles. The number of aromatic nitrogens is 1. The molecular weight excluding hydrogens is 316 g/mol. The van der Waals surface area contributed by atoms with Crippen LogP contribution < -0.4 is 9.67 Å². The number of β-lactam (4-membered cyclic amide) rings is 1. The first kappa shape index (κ1) is 15.8. The topological polar surface area (TPSA) is 84.5 Å². The van der Waals surface area contributed by atoms with Crippen molar-refractivity contribution in [3.8, 4) is 0 Å². The summed E-state index contributed by atoms with van der Waals surface area (Å²) in [4.78, 5) is 25.1. The standard InChI is InChI=1S/C16H16N2O4S/c1-10(19)12-14(20)18-13(16(21)22)11(23-15(12)18)6-5-9-17-7-3-2-4-8-17/h2-8,10,12,15,19H,9H2,1H3/b6-5+/t10-,12+,15-/m1/s1. The molecule has 0 bridgehead atoms. The van der Waals surface area contributed by atoms with Gasteiger partial charge in [-0.2, -0.15) is 0 Å². The van der Waals surface area contributed by atoms with Crippen molar-refractivity contribution in [1.82, 2.24) is 4.90 Å². The van der Waals surface area contributed by atoms with Crippen molar-refractivity contribution >= 4 is 23.6 Å². The molecule has 2 aliphatic rings. The molecule has 1 saturated heterocycles. The first-order chi connectivity index (χ1) is 11.0. The molecule has 23 heavy (non-hydrogen) atoms. The van der Waals surface area contributed by atoms with E-state index in [4.69, 9.17) is 0 Å². The summed E-state index contributed by atoms with van der Waals surface area (Å²) >= 11 is 1.28. The van der Waals surface area contributed by atoms with Gasteiger partial charge >= 0.3 is 0 Å². The van der Waals surface area contributed by atoms with Crippen LogP contribution >= 0.6 is 11.8 Å². The number of carboxylic acids is 1. The summed E-state index contributed by atoms with van der Waals surface area (Å²) < 4.78 is 1.94. The zero-order chi connectivity index (χ0) is 16.6. The van der Waals surface area contributed by atoms with Gasteiger partial charge < -0.3 is 15.0 Å². The van der Waals surface area contributed by atoms with E-state index in [2.05, 4.69) is 0 Å². The molecule has 1 fully saturated rings. The van der Waals surface area contributed by atoms with Crippen LogP contribution in [0.5, 0.6) is 0 Å². The molecule has 1 N–H and O–H groups in total. The second kappa shape index (κ2) is 6.17. The van der Waals surface area contributed by atoms with E-state index in [-0.39, 0.29) is 17.0 Å². The molecule has 0 spiro atoms. The molecule has 6 nitrogen and oxygen atoms in total. The Labute approximate surface area is 137 Å². The summed E-state index contributed by atoms with van der Waals surface area (Å²) in [7, 11) is 0. The maximum absolute atomic E-state index is 12.0. The Morgan fingerprint density at radius 1 is 1.48 bits per heavy atom. The fourth-order valence-corrected chi connectivity index (χ4v) is 4.29. The zero-order valence-electron chi connectivity index (χ0n) is 12.5. The van der Waals surface area contributed by atoms with Gasteiger partial charge in [0.1, 0.15) is 5.37 Å². The summed E-state index contributed by atoms with van der Waals surface area (Å²) in [6.07, 6.45) is 6.53. The van der Waals surface area contributed by atoms with Gasteiger partial charge in [-0.05, 0) is 19.1 Å². The highest BCUT2D eigenvalue weighted by atomic mass is 32.2. The molecule has 1 aromatic heterocycles. The highest BCUT2D eigenvalue weighted by Gasteiger charge is 2.55. The first-order valence-corrected chi connectivity index (χ1v) is 8.12. The summed E-state index contributed by atoms with van der Waals surface area (Å²) in [5, 5.41) is 20.7. The summed E-state index contributed by atoms with van der Waals surface area (Å²) in [5.74, 6) is -2.30. The van der Waals surface area contributed by atoms with Gasteiger partial charge in [-0.25, -0.2) is 4.57 Å². The highest BCUT2D eigenvalue weighted by molar-refractivity contribution is 8.04. The third-order valence-corrected chi connectivity index (χ3v) is 5.21. The van der Waals surface area contributed by atoms with Gasteiger partial charge in [0.05, 0.1) is 23.7 Å². The molecule has 0 unspecified atom stereocenters. The lowest BCUT2D eigenvalue weighted by Gasteiger charge is -2.44. The van der Waals surface area contributed by atoms with E-state index in [1.54, 1.807) is 13.0 Å². The van der Waals surface area contributed by atoms with E-state index < -0.39 is 18.0 Å². The van der Waals surface area contributed by atoms with Crippen molar-refractivity contribution in [3.63, 3.8) is 0 Å². The lowest BCUT2D eigenvalue weighted by Crippen LogP contribution is -2.61. The van der Waals surface area contributed by atoms with Crippen molar-refractivity contribution in [2.45, 2.75) is 24.9 Å². The average molecular weight is 332 g/mol. The molecule has 3 heterocycles. The summed E-state index contributed by atoms with van der Waals surface area (Å²) in [5.41, 5.74) is -0.101. The van der Waals surface area contributed by atoms with E-state index in [0.717, 1.165) is 0 Å². The van der Waals surface area contributed by atoms with E-state index in [9.17, 15) is 19.8 Å². The number of allylic oxidation sites excluding steroid dienone is 2. The van der Waals surface area contributed by atoms with Crippen molar-refractivity contribution in [2.24, 2.45) is 5.92 Å². The van der Waals surface area contributed by atoms with Crippen LogP contribution in [0.15, 0.2) is 53.3 Å². The molecule has 3 atom stereocenters. The monoisotopic (exact) mass is 332 g/mol. The van der Waals surface area contributed by atoms with Crippen LogP contribution in [0.3, 0.4) is 0 Å². The molecule has 7 heteroatoms. The quantitative estimate of drug-likeness (QED) is 0.575. The molecule has 1 amide bonds. The van der Waals surface area contributed by atoms with Crippen molar-refractivity contribution in [2.75, 3.05) is 0 Å². The number of aliphatic hydroxyl groups excluding tert-OH is 1. The number of rotatable bonds is 5. The summed E-state index contributed by atoms with van der Waals surface area (Å²) in [6, 6.07) is 5.72. The minimum absolute atomic E-state index is 0.101. The molecular formula is C16H16N2O4S. The van der Waals surface area contributed by atoms with E-state index in [1.165, 1.54) is 16.7 Å². The average Bonchev–Trinajstić information content (AvgIpc) is 2.82. The van der Waals surface area contributed by atoms with Gasteiger partial charge in [0, 0.05) is 17.0 Å². The number of carboxylic acid groups (broad SMARTS) is 1. The van der Waals surface area contributed by atoms with Gasteiger partial charge in [0.25, 0.3) is 0 Å². The normalized spacial score (nSPS) is 24.8. The van der Waals surface area contributed by atoms with Crippen LogP contribution in [0.1, 0.15) is 6.92 Å². The number of aliphatic hydroxyl groups is 1. The predicted molar refractivity (Wildman–Crippen MR) is 81.2 cm³/mol. The minimum atomic E-state index is -1.37. The number of fused-ring (bicyclic) bond motifs is 1. The Balaban J connectivity index is 1.78. The number of nitrogens with zero attached hydrogens (tertiary/aromatic N) is 2. The molecule has 0 saturated carbocycles. The van der Waals surface area contributed by atoms with E-state index in [0.29, 0.717) is 11.4 Å². The first-order valence-electron chi connectivity index (χ1n) is 7.24. The fourth-order valence-electron chi connectivity index (χ4n) is 2.75. The predicted octanol–water partition coefficient (Wildman–Crippen LogP) is -0.596. The van der Waals surface area contributed by atoms with Crippen molar-refractivity contribution < 1.29 is 24.4 Å². The van der Waals surface area contributed by atoms with Crippen LogP contribution in [0, 0.1) is 5.92 Å². The van der Waals surface area contributed by atoms with Crippen LogP contribution in [0.25, 0.3) is 0 Å². The Morgan fingerprint density at radius 2 is 2.17 bits per heavy atom. The molecule has 3 rings (SSSR count). The number of carbonyl (C=O) groups is 2. The Kier molecular flexibility index (Phi) is 4.23. The number of thioether (sulfide) groups is 1. The number of carbonyl (C=O) groups excluding carboxylic acids is 2. The Morgan fingerprint density at radius 3 is 2.78 bits per heavy atom. The van der Waals surface area contributed by atoms with Gasteiger partial charge in [-0.3, -0.25) is 9.69 Å². The molecule has 0 aliphatic carbocycles. The third kappa shape index (κ3) is 2.77. The van der Waals surface area contributed by atoms with Crippen LogP contribution in [-0.4, -0.2) is 33.4 Å². The van der Waals surface area contributed by atoms with Crippen LogP contribution in [-0.2, 0) is 16.1 Å². The smallest absolute Gasteiger partial charge is 0.236 e. The number of aliphatic carboxylic acids is 1. The lowest BCUT2D eigenvalue weighted by atomic mass is 9.92. The molecule has 120 valence electrons. The number of amides is 1. The number of hydrogen-bond donors (Lipinski definition) is 1. The highest BCUT2D eigenvalue weighted by Crippen LogP contribution is 2.50. The van der Waals surface area contributed by atoms with Gasteiger partial charge in [0.15, 0.2) is 18.9 Å². The Hall–Kier alpha value is -2.12. The van der Waals surface area contributed by atoms with Gasteiger partial charge in [-0.15, -0.1) is 0 Å². The van der Waals surface area contributed by atoms with Gasteiger partial charge in [-0.1, -0.05) is 17.8 Å². The molecule has 1 aromatic rings. The van der Waals surface area contributed by atoms with Crippen molar-refractivity contribution in [1.29, 1.82) is 0 Å². The Bertz CT molecular complexity index is 699. The zero-order valence-corrected chi connectivity index (χ0v) is 13.3. The molecule has 0 radical (unpaired) electrons. The van der Waals surface area contributed by atoms with Gasteiger partial charge in [0.2, 0.25) is 5.91 Å². The maximum atomic E-state index is 12.0. The maximum Gasteiger partial charge on any atom is 0.236 e. The lowest BCUT2D eigenvalue weighted by molar-refractivity contribution is -0.687. The number of hydrogen-bond acceptors (Lipinski definition) is 5. The third-order valence-electron chi connectivity index (χ3n) is 3.88. The number of pyridine rings is 1. The van der Waals surface area contributed by atoms with Crippen LogP contribution in [0.2, 0.25) is 0 Å².